The second kappa shape index (κ2) is 6.49. The summed E-state index contributed by atoms with van der Waals surface area (Å²) in [4.78, 5) is 4.86. The van der Waals surface area contributed by atoms with E-state index < -0.39 is 0 Å². The molecule has 0 aliphatic carbocycles. The van der Waals surface area contributed by atoms with Crippen molar-refractivity contribution in [2.24, 2.45) is 0 Å². The summed E-state index contributed by atoms with van der Waals surface area (Å²) in [7, 11) is 6.13. The molecule has 0 saturated carbocycles. The Hall–Kier alpha value is -1.22. The number of likely N-dealkylation sites (N-methyl/N-ethyl adjacent to an activating group) is 1. The molecule has 20 heavy (non-hydrogen) atoms. The Morgan fingerprint density at radius 3 is 2.40 bits per heavy atom. The number of ether oxygens (including phenoxy) is 1. The van der Waals surface area contributed by atoms with E-state index in [2.05, 4.69) is 49.9 Å². The maximum absolute atomic E-state index is 5.57. The minimum Gasteiger partial charge on any atom is -0.496 e. The average molecular weight is 276 g/mol. The lowest BCUT2D eigenvalue weighted by Crippen LogP contribution is -2.31. The van der Waals surface area contributed by atoms with Gasteiger partial charge < -0.3 is 14.5 Å². The van der Waals surface area contributed by atoms with Crippen LogP contribution in [0.15, 0.2) is 12.1 Å². The minimum absolute atomic E-state index is 0.663. The highest BCUT2D eigenvalue weighted by molar-refractivity contribution is 5.60. The zero-order valence-corrected chi connectivity index (χ0v) is 13.6. The molecule has 3 heteroatoms. The zero-order valence-electron chi connectivity index (χ0n) is 13.6. The molecule has 3 nitrogen and oxygen atoms in total. The van der Waals surface area contributed by atoms with Crippen LogP contribution in [0.3, 0.4) is 0 Å². The predicted molar refractivity (Wildman–Crippen MR) is 86.1 cm³/mol. The van der Waals surface area contributed by atoms with E-state index in [9.17, 15) is 0 Å². The Bertz CT molecular complexity index is 457. The molecule has 1 heterocycles. The number of anilines is 1. The van der Waals surface area contributed by atoms with E-state index >= 15 is 0 Å². The minimum atomic E-state index is 0.663. The topological polar surface area (TPSA) is 15.7 Å². The lowest BCUT2D eigenvalue weighted by molar-refractivity contribution is 0.315. The predicted octanol–water partition coefficient (Wildman–Crippen LogP) is 2.96. The number of nitrogens with zero attached hydrogens (tertiary/aromatic N) is 2. The number of aryl methyl sites for hydroxylation is 2. The van der Waals surface area contributed by atoms with Crippen molar-refractivity contribution >= 4 is 5.69 Å². The van der Waals surface area contributed by atoms with Gasteiger partial charge in [-0.2, -0.15) is 0 Å². The highest BCUT2D eigenvalue weighted by Gasteiger charge is 2.26. The third-order valence-corrected chi connectivity index (χ3v) is 4.48. The molecule has 112 valence electrons. The first-order valence-electron chi connectivity index (χ1n) is 7.71. The highest BCUT2D eigenvalue weighted by atomic mass is 16.5. The standard InChI is InChI=1S/C17H28N2O/c1-6-13-10-14(7-2)17(20-5)11-16(13)19-9-8-15(12-19)18(3)4/h10-11,15H,6-9,12H2,1-5H3. The molecule has 0 radical (unpaired) electrons. The summed E-state index contributed by atoms with van der Waals surface area (Å²) in [6.45, 7) is 6.69. The summed E-state index contributed by atoms with van der Waals surface area (Å²) in [5, 5.41) is 0. The van der Waals surface area contributed by atoms with E-state index in [0.717, 1.165) is 31.7 Å². The van der Waals surface area contributed by atoms with Crippen molar-refractivity contribution in [2.75, 3.05) is 39.2 Å². The van der Waals surface area contributed by atoms with Gasteiger partial charge in [0.15, 0.2) is 0 Å². The van der Waals surface area contributed by atoms with Crippen LogP contribution in [0.1, 0.15) is 31.4 Å². The molecule has 1 atom stereocenters. The molecule has 2 rings (SSSR count). The Kier molecular flexibility index (Phi) is 4.92. The molecular weight excluding hydrogens is 248 g/mol. The average Bonchev–Trinajstić information content (AvgIpc) is 2.95. The van der Waals surface area contributed by atoms with Gasteiger partial charge in [0.1, 0.15) is 5.75 Å². The fraction of sp³-hybridized carbons (Fsp3) is 0.647. The van der Waals surface area contributed by atoms with Crippen LogP contribution in [-0.4, -0.2) is 45.2 Å². The molecule has 0 amide bonds. The normalized spacial score (nSPS) is 18.9. The van der Waals surface area contributed by atoms with Gasteiger partial charge in [-0.15, -0.1) is 0 Å². The number of benzene rings is 1. The monoisotopic (exact) mass is 276 g/mol. The van der Waals surface area contributed by atoms with Crippen LogP contribution >= 0.6 is 0 Å². The molecule has 1 aromatic rings. The van der Waals surface area contributed by atoms with Crippen molar-refractivity contribution in [3.05, 3.63) is 23.3 Å². The first-order valence-corrected chi connectivity index (χ1v) is 7.71. The zero-order chi connectivity index (χ0) is 14.7. The first-order chi connectivity index (χ1) is 9.60. The number of rotatable bonds is 5. The Balaban J connectivity index is 2.31. The van der Waals surface area contributed by atoms with Crippen molar-refractivity contribution in [2.45, 2.75) is 39.2 Å². The van der Waals surface area contributed by atoms with E-state index in [0.29, 0.717) is 6.04 Å². The molecule has 1 aliphatic rings. The van der Waals surface area contributed by atoms with Gasteiger partial charge in [0, 0.05) is 30.9 Å². The fourth-order valence-corrected chi connectivity index (χ4v) is 3.09. The third-order valence-electron chi connectivity index (χ3n) is 4.48. The smallest absolute Gasteiger partial charge is 0.124 e. The van der Waals surface area contributed by atoms with E-state index in [1.165, 1.54) is 23.2 Å². The Labute approximate surface area is 123 Å². The van der Waals surface area contributed by atoms with E-state index in [-0.39, 0.29) is 0 Å². The number of methoxy groups -OCH3 is 1. The first kappa shape index (κ1) is 15.2. The van der Waals surface area contributed by atoms with Gasteiger partial charge in [0.25, 0.3) is 0 Å². The maximum atomic E-state index is 5.57. The molecule has 1 unspecified atom stereocenters. The molecule has 0 spiro atoms. The van der Waals surface area contributed by atoms with Gasteiger partial charge in [-0.25, -0.2) is 0 Å². The van der Waals surface area contributed by atoms with Crippen LogP contribution in [-0.2, 0) is 12.8 Å². The third kappa shape index (κ3) is 2.93. The van der Waals surface area contributed by atoms with E-state index in [4.69, 9.17) is 4.74 Å². The van der Waals surface area contributed by atoms with Crippen LogP contribution in [0.25, 0.3) is 0 Å². The lowest BCUT2D eigenvalue weighted by atomic mass is 10.0. The van der Waals surface area contributed by atoms with E-state index in [1.807, 2.05) is 0 Å². The lowest BCUT2D eigenvalue weighted by Gasteiger charge is -2.25. The van der Waals surface area contributed by atoms with Gasteiger partial charge in [-0.1, -0.05) is 19.9 Å². The van der Waals surface area contributed by atoms with Crippen LogP contribution in [0.2, 0.25) is 0 Å². The van der Waals surface area contributed by atoms with Gasteiger partial charge >= 0.3 is 0 Å². The van der Waals surface area contributed by atoms with Crippen molar-refractivity contribution in [3.8, 4) is 5.75 Å². The summed E-state index contributed by atoms with van der Waals surface area (Å²) < 4.78 is 5.57. The van der Waals surface area contributed by atoms with Gasteiger partial charge in [-0.05, 0) is 44.5 Å². The summed E-state index contributed by atoms with van der Waals surface area (Å²) in [6.07, 6.45) is 3.35. The second-order valence-corrected chi connectivity index (χ2v) is 5.85. The highest BCUT2D eigenvalue weighted by Crippen LogP contribution is 2.33. The molecule has 1 fully saturated rings. The Morgan fingerprint density at radius 1 is 1.20 bits per heavy atom. The quantitative estimate of drug-likeness (QED) is 0.822. The largest absolute Gasteiger partial charge is 0.496 e. The van der Waals surface area contributed by atoms with Gasteiger partial charge in [-0.3, -0.25) is 0 Å². The number of hydrogen-bond donors (Lipinski definition) is 0. The SMILES string of the molecule is CCc1cc(CC)c(N2CCC(N(C)C)C2)cc1OC. The van der Waals surface area contributed by atoms with E-state index in [1.54, 1.807) is 7.11 Å². The van der Waals surface area contributed by atoms with Gasteiger partial charge in [0.2, 0.25) is 0 Å². The molecular formula is C17H28N2O. The van der Waals surface area contributed by atoms with Crippen LogP contribution in [0.4, 0.5) is 5.69 Å². The van der Waals surface area contributed by atoms with Crippen LogP contribution in [0.5, 0.6) is 5.75 Å². The van der Waals surface area contributed by atoms with Gasteiger partial charge in [0.05, 0.1) is 7.11 Å². The van der Waals surface area contributed by atoms with Crippen molar-refractivity contribution < 1.29 is 4.74 Å². The van der Waals surface area contributed by atoms with Crippen LogP contribution < -0.4 is 9.64 Å². The Morgan fingerprint density at radius 2 is 1.90 bits per heavy atom. The molecule has 1 aliphatic heterocycles. The summed E-state index contributed by atoms with van der Waals surface area (Å²) in [5.74, 6) is 1.04. The van der Waals surface area contributed by atoms with Crippen molar-refractivity contribution in [3.63, 3.8) is 0 Å². The molecule has 0 N–H and O–H groups in total. The second-order valence-electron chi connectivity index (χ2n) is 5.85. The molecule has 0 bridgehead atoms. The fourth-order valence-electron chi connectivity index (χ4n) is 3.09. The van der Waals surface area contributed by atoms with Crippen LogP contribution in [0, 0.1) is 0 Å². The summed E-state index contributed by atoms with van der Waals surface area (Å²) in [5.41, 5.74) is 4.13. The molecule has 1 aromatic carbocycles. The summed E-state index contributed by atoms with van der Waals surface area (Å²) in [6, 6.07) is 5.24. The molecule has 1 saturated heterocycles. The molecule has 0 aromatic heterocycles. The number of hydrogen-bond acceptors (Lipinski definition) is 3. The summed E-state index contributed by atoms with van der Waals surface area (Å²) >= 11 is 0. The maximum Gasteiger partial charge on any atom is 0.124 e. The van der Waals surface area contributed by atoms with Crippen molar-refractivity contribution in [1.82, 2.24) is 4.90 Å². The van der Waals surface area contributed by atoms with Crippen molar-refractivity contribution in [1.29, 1.82) is 0 Å².